The summed E-state index contributed by atoms with van der Waals surface area (Å²) < 4.78 is 40.0. The molecule has 0 aliphatic carbocycles. The van der Waals surface area contributed by atoms with Crippen molar-refractivity contribution in [2.45, 2.75) is 25.9 Å². The molecular formula is C23H29F3N4O2S. The molecule has 0 saturated carbocycles. The van der Waals surface area contributed by atoms with E-state index in [0.29, 0.717) is 44.2 Å². The zero-order chi connectivity index (χ0) is 24.2. The van der Waals surface area contributed by atoms with Crippen molar-refractivity contribution < 1.29 is 22.8 Å². The normalized spacial score (nSPS) is 21.7. The molecule has 2 heterocycles. The smallest absolute Gasteiger partial charge is 0.372 e. The van der Waals surface area contributed by atoms with E-state index < -0.39 is 11.7 Å². The highest BCUT2D eigenvalue weighted by atomic mass is 32.2. The quantitative estimate of drug-likeness (QED) is 0.673. The molecule has 2 aliphatic rings. The van der Waals surface area contributed by atoms with Crippen LogP contribution in [0, 0.1) is 29.1 Å². The van der Waals surface area contributed by atoms with Gasteiger partial charge in [-0.25, -0.2) is 0 Å². The highest BCUT2D eigenvalue weighted by Crippen LogP contribution is 2.39. The Bertz CT molecular complexity index is 910. The molecule has 180 valence electrons. The lowest BCUT2D eigenvalue weighted by Crippen LogP contribution is -2.41. The molecule has 0 aromatic heterocycles. The minimum absolute atomic E-state index is 0.0358. The average Bonchev–Trinajstić information content (AvgIpc) is 3.24. The fourth-order valence-corrected chi connectivity index (χ4v) is 5.38. The van der Waals surface area contributed by atoms with Gasteiger partial charge in [-0.2, -0.15) is 30.2 Å². The first-order valence-electron chi connectivity index (χ1n) is 11.1. The Morgan fingerprint density at radius 2 is 1.94 bits per heavy atom. The van der Waals surface area contributed by atoms with Crippen molar-refractivity contribution in [3.8, 4) is 6.07 Å². The number of carbonyl (C=O) groups excluding carboxylic acids is 2. The van der Waals surface area contributed by atoms with Gasteiger partial charge in [0, 0.05) is 38.4 Å². The number of hydrogen-bond acceptors (Lipinski definition) is 5. The third kappa shape index (κ3) is 5.75. The highest BCUT2D eigenvalue weighted by Gasteiger charge is 2.44. The number of halogens is 3. The molecule has 3 rings (SSSR count). The molecule has 0 spiro atoms. The van der Waals surface area contributed by atoms with Crippen LogP contribution in [0.1, 0.15) is 30.9 Å². The van der Waals surface area contributed by atoms with Gasteiger partial charge >= 0.3 is 6.18 Å². The number of alkyl halides is 3. The topological polar surface area (TPSA) is 76.4 Å². The molecule has 0 unspecified atom stereocenters. The van der Waals surface area contributed by atoms with E-state index in [1.165, 1.54) is 17.8 Å². The van der Waals surface area contributed by atoms with E-state index in [1.807, 2.05) is 18.1 Å². The van der Waals surface area contributed by atoms with Gasteiger partial charge in [-0.1, -0.05) is 0 Å². The van der Waals surface area contributed by atoms with Crippen LogP contribution in [-0.4, -0.2) is 61.4 Å². The lowest BCUT2D eigenvalue weighted by Gasteiger charge is -2.37. The van der Waals surface area contributed by atoms with Gasteiger partial charge < -0.3 is 15.1 Å². The second-order valence-electron chi connectivity index (χ2n) is 8.56. The maximum absolute atomic E-state index is 13.3. The monoisotopic (exact) mass is 482 g/mol. The van der Waals surface area contributed by atoms with Crippen molar-refractivity contribution in [1.82, 2.24) is 10.2 Å². The Labute approximate surface area is 196 Å². The van der Waals surface area contributed by atoms with Gasteiger partial charge in [0.2, 0.25) is 11.8 Å². The first-order chi connectivity index (χ1) is 15.7. The number of nitrogens with zero attached hydrogens (tertiary/aromatic N) is 3. The van der Waals surface area contributed by atoms with Crippen molar-refractivity contribution in [3.63, 3.8) is 0 Å². The number of nitrogens with one attached hydrogen (secondary N) is 1. The fraction of sp³-hybridized carbons (Fsp3) is 0.609. The lowest BCUT2D eigenvalue weighted by atomic mass is 9.78. The van der Waals surface area contributed by atoms with E-state index >= 15 is 0 Å². The first kappa shape index (κ1) is 25.2. The third-order valence-electron chi connectivity index (χ3n) is 6.61. The van der Waals surface area contributed by atoms with Crippen LogP contribution in [0.25, 0.3) is 0 Å². The van der Waals surface area contributed by atoms with Crippen LogP contribution in [0.3, 0.4) is 0 Å². The fourth-order valence-electron chi connectivity index (χ4n) is 4.95. The van der Waals surface area contributed by atoms with Crippen LogP contribution in [0.4, 0.5) is 18.9 Å². The van der Waals surface area contributed by atoms with Crippen molar-refractivity contribution in [3.05, 3.63) is 29.3 Å². The molecule has 2 amide bonds. The van der Waals surface area contributed by atoms with Crippen molar-refractivity contribution in [2.75, 3.05) is 49.6 Å². The molecule has 2 saturated heterocycles. The molecular weight excluding hydrogens is 453 g/mol. The molecule has 2 aliphatic heterocycles. The summed E-state index contributed by atoms with van der Waals surface area (Å²) in [5.41, 5.74) is -0.852. The summed E-state index contributed by atoms with van der Waals surface area (Å²) in [6.07, 6.45) is -1.26. The first-order valence-corrected chi connectivity index (χ1v) is 12.5. The number of rotatable bonds is 6. The summed E-state index contributed by atoms with van der Waals surface area (Å²) in [4.78, 5) is 28.8. The van der Waals surface area contributed by atoms with Crippen LogP contribution in [-0.2, 0) is 15.8 Å². The molecule has 0 radical (unpaired) electrons. The van der Waals surface area contributed by atoms with E-state index in [2.05, 4.69) is 5.32 Å². The lowest BCUT2D eigenvalue weighted by molar-refractivity contribution is -0.137. The number of hydrogen-bond donors (Lipinski definition) is 1. The van der Waals surface area contributed by atoms with E-state index in [-0.39, 0.29) is 35.1 Å². The van der Waals surface area contributed by atoms with Crippen LogP contribution in [0.5, 0.6) is 0 Å². The van der Waals surface area contributed by atoms with Crippen LogP contribution in [0.15, 0.2) is 18.2 Å². The largest absolute Gasteiger partial charge is 0.417 e. The minimum atomic E-state index is -4.59. The molecule has 10 heteroatoms. The van der Waals surface area contributed by atoms with Crippen LogP contribution < -0.4 is 10.2 Å². The van der Waals surface area contributed by atoms with Crippen molar-refractivity contribution in [2.24, 2.45) is 17.8 Å². The number of thioether (sulfide) groups is 1. The van der Waals surface area contributed by atoms with E-state index in [1.54, 1.807) is 17.0 Å². The zero-order valence-electron chi connectivity index (χ0n) is 18.8. The Morgan fingerprint density at radius 1 is 1.24 bits per heavy atom. The SMILES string of the molecule is CCNC(=O)[C@@H]1CN(C(=O)CSC)C[C@H]1C1CCN(c2ccc(C#N)c(C(F)(F)F)c2)CC1. The predicted molar refractivity (Wildman–Crippen MR) is 122 cm³/mol. The molecule has 33 heavy (non-hydrogen) atoms. The molecule has 1 aromatic rings. The van der Waals surface area contributed by atoms with E-state index in [4.69, 9.17) is 5.26 Å². The number of benzene rings is 1. The zero-order valence-corrected chi connectivity index (χ0v) is 19.6. The molecule has 6 nitrogen and oxygen atoms in total. The van der Waals surface area contributed by atoms with Crippen molar-refractivity contribution in [1.29, 1.82) is 5.26 Å². The van der Waals surface area contributed by atoms with Gasteiger partial charge in [0.15, 0.2) is 0 Å². The van der Waals surface area contributed by atoms with Gasteiger partial charge in [0.25, 0.3) is 0 Å². The molecule has 1 N–H and O–H groups in total. The molecule has 2 atom stereocenters. The standard InChI is InChI=1S/C23H29F3N4O2S/c1-3-28-22(32)19-13-30(21(31)14-33-2)12-18(19)15-6-8-29(9-7-15)17-5-4-16(11-27)20(10-17)23(24,25)26/h4-5,10,15,18-19H,3,6-9,12-14H2,1-2H3,(H,28,32)/t18-,19+/m0/s1. The van der Waals surface area contributed by atoms with Gasteiger partial charge in [0.1, 0.15) is 0 Å². The maximum Gasteiger partial charge on any atom is 0.417 e. The molecule has 1 aromatic carbocycles. The third-order valence-corrected chi connectivity index (χ3v) is 7.15. The Balaban J connectivity index is 1.72. The van der Waals surface area contributed by atoms with Crippen LogP contribution >= 0.6 is 11.8 Å². The van der Waals surface area contributed by atoms with E-state index in [9.17, 15) is 22.8 Å². The molecule has 0 bridgehead atoms. The van der Waals surface area contributed by atoms with Gasteiger partial charge in [0.05, 0.1) is 28.9 Å². The summed E-state index contributed by atoms with van der Waals surface area (Å²) in [6.45, 7) is 4.47. The number of anilines is 1. The summed E-state index contributed by atoms with van der Waals surface area (Å²) >= 11 is 1.46. The predicted octanol–water partition coefficient (Wildman–Crippen LogP) is 3.37. The number of piperidine rings is 1. The summed E-state index contributed by atoms with van der Waals surface area (Å²) in [6, 6.07) is 5.45. The Hall–Kier alpha value is -2.41. The summed E-state index contributed by atoms with van der Waals surface area (Å²) in [5.74, 6) is 0.366. The number of likely N-dealkylation sites (tertiary alicyclic amines) is 1. The number of nitriles is 1. The molecule has 2 fully saturated rings. The van der Waals surface area contributed by atoms with Gasteiger partial charge in [-0.3, -0.25) is 9.59 Å². The second-order valence-corrected chi connectivity index (χ2v) is 9.43. The van der Waals surface area contributed by atoms with Gasteiger partial charge in [-0.15, -0.1) is 0 Å². The second kappa shape index (κ2) is 10.7. The van der Waals surface area contributed by atoms with Gasteiger partial charge in [-0.05, 0) is 56.1 Å². The summed E-state index contributed by atoms with van der Waals surface area (Å²) in [5, 5.41) is 11.9. The van der Waals surface area contributed by atoms with E-state index in [0.717, 1.165) is 18.9 Å². The highest BCUT2D eigenvalue weighted by molar-refractivity contribution is 7.99. The number of amides is 2. The Kier molecular flexibility index (Phi) is 8.16. The average molecular weight is 483 g/mol. The van der Waals surface area contributed by atoms with Crippen LogP contribution in [0.2, 0.25) is 0 Å². The summed E-state index contributed by atoms with van der Waals surface area (Å²) in [7, 11) is 0. The Morgan fingerprint density at radius 3 is 2.52 bits per heavy atom. The maximum atomic E-state index is 13.3. The van der Waals surface area contributed by atoms with Crippen molar-refractivity contribution >= 4 is 29.3 Å². The number of carbonyl (C=O) groups is 2. The minimum Gasteiger partial charge on any atom is -0.372 e.